The van der Waals surface area contributed by atoms with Crippen LogP contribution in [-0.4, -0.2) is 48.2 Å². The van der Waals surface area contributed by atoms with Gasteiger partial charge in [-0.2, -0.15) is 0 Å². The van der Waals surface area contributed by atoms with Gasteiger partial charge in [0, 0.05) is 52.5 Å². The highest BCUT2D eigenvalue weighted by Gasteiger charge is 2.08. The highest BCUT2D eigenvalue weighted by atomic mass is 15.2. The van der Waals surface area contributed by atoms with Crippen LogP contribution in [0.5, 0.6) is 0 Å². The number of hydrogen-bond donors (Lipinski definition) is 2. The Bertz CT molecular complexity index is 943. The maximum absolute atomic E-state index is 4.63. The van der Waals surface area contributed by atoms with Gasteiger partial charge < -0.3 is 20.1 Å². The molecule has 3 rings (SSSR count). The molecular formula is C21H29N7. The van der Waals surface area contributed by atoms with Crippen molar-refractivity contribution < 1.29 is 0 Å². The summed E-state index contributed by atoms with van der Waals surface area (Å²) in [6.45, 7) is 4.49. The number of pyridine rings is 1. The lowest BCUT2D eigenvalue weighted by atomic mass is 10.2. The van der Waals surface area contributed by atoms with E-state index in [1.54, 1.807) is 7.05 Å². The van der Waals surface area contributed by atoms with Crippen molar-refractivity contribution in [3.8, 4) is 0 Å². The topological polar surface area (TPSA) is 70.4 Å². The van der Waals surface area contributed by atoms with Crippen molar-refractivity contribution in [3.05, 3.63) is 54.0 Å². The zero-order valence-electron chi connectivity index (χ0n) is 17.1. The van der Waals surface area contributed by atoms with Crippen LogP contribution in [0.25, 0.3) is 11.0 Å². The quantitative estimate of drug-likeness (QED) is 0.375. The molecule has 0 aliphatic carbocycles. The lowest BCUT2D eigenvalue weighted by Crippen LogP contribution is -2.37. The average molecular weight is 380 g/mol. The minimum atomic E-state index is 0.673. The Morgan fingerprint density at radius 2 is 1.96 bits per heavy atom. The molecule has 2 heterocycles. The second kappa shape index (κ2) is 9.21. The molecule has 7 nitrogen and oxygen atoms in total. The van der Waals surface area contributed by atoms with E-state index in [9.17, 15) is 0 Å². The smallest absolute Gasteiger partial charge is 0.191 e. The lowest BCUT2D eigenvalue weighted by Gasteiger charge is -2.17. The van der Waals surface area contributed by atoms with Crippen molar-refractivity contribution in [2.45, 2.75) is 26.4 Å². The van der Waals surface area contributed by atoms with Crippen LogP contribution in [0.15, 0.2) is 47.6 Å². The van der Waals surface area contributed by atoms with Gasteiger partial charge in [-0.25, -0.2) is 9.97 Å². The molecule has 0 aliphatic rings. The van der Waals surface area contributed by atoms with Gasteiger partial charge in [-0.3, -0.25) is 4.99 Å². The second-order valence-corrected chi connectivity index (χ2v) is 6.89. The van der Waals surface area contributed by atoms with Gasteiger partial charge in [0.25, 0.3) is 0 Å². The minimum Gasteiger partial charge on any atom is -0.362 e. The summed E-state index contributed by atoms with van der Waals surface area (Å²) in [4.78, 5) is 15.4. The zero-order chi connectivity index (χ0) is 19.9. The number of aryl methyl sites for hydroxylation is 2. The molecular weight excluding hydrogens is 350 g/mol. The van der Waals surface area contributed by atoms with Crippen LogP contribution in [0.4, 0.5) is 5.82 Å². The van der Waals surface area contributed by atoms with Crippen LogP contribution in [0.1, 0.15) is 17.8 Å². The molecule has 0 radical (unpaired) electrons. The monoisotopic (exact) mass is 379 g/mol. The maximum atomic E-state index is 4.63. The van der Waals surface area contributed by atoms with E-state index >= 15 is 0 Å². The molecule has 0 saturated carbocycles. The van der Waals surface area contributed by atoms with Crippen LogP contribution >= 0.6 is 0 Å². The third kappa shape index (κ3) is 4.60. The number of imidazole rings is 1. The summed E-state index contributed by atoms with van der Waals surface area (Å²) in [5.74, 6) is 2.81. The molecule has 2 N–H and O–H groups in total. The van der Waals surface area contributed by atoms with Gasteiger partial charge >= 0.3 is 0 Å². The van der Waals surface area contributed by atoms with Crippen molar-refractivity contribution >= 4 is 22.8 Å². The first-order valence-corrected chi connectivity index (χ1v) is 9.57. The fourth-order valence-corrected chi connectivity index (χ4v) is 3.29. The normalized spacial score (nSPS) is 11.6. The summed E-state index contributed by atoms with van der Waals surface area (Å²) in [6.07, 6.45) is 2.80. The van der Waals surface area contributed by atoms with Crippen LogP contribution in [0.2, 0.25) is 0 Å². The molecule has 0 unspecified atom stereocenters. The molecule has 0 aliphatic heterocycles. The number of hydrogen-bond acceptors (Lipinski definition) is 4. The van der Waals surface area contributed by atoms with Crippen molar-refractivity contribution in [2.75, 3.05) is 32.6 Å². The molecule has 0 amide bonds. The summed E-state index contributed by atoms with van der Waals surface area (Å²) in [7, 11) is 5.79. The van der Waals surface area contributed by atoms with Crippen LogP contribution < -0.4 is 15.5 Å². The van der Waals surface area contributed by atoms with Gasteiger partial charge in [0.05, 0.1) is 11.0 Å². The Labute approximate surface area is 166 Å². The number of fused-ring (bicyclic) bond motifs is 1. The average Bonchev–Trinajstić information content (AvgIpc) is 3.02. The summed E-state index contributed by atoms with van der Waals surface area (Å²) >= 11 is 0. The molecule has 28 heavy (non-hydrogen) atoms. The number of para-hydroxylation sites is 2. The van der Waals surface area contributed by atoms with E-state index in [1.807, 2.05) is 37.3 Å². The van der Waals surface area contributed by atoms with Crippen molar-refractivity contribution in [3.63, 3.8) is 0 Å². The molecule has 7 heteroatoms. The number of rotatable bonds is 7. The van der Waals surface area contributed by atoms with Gasteiger partial charge in [0.2, 0.25) is 0 Å². The molecule has 148 valence electrons. The summed E-state index contributed by atoms with van der Waals surface area (Å²) in [5, 5.41) is 6.76. The van der Waals surface area contributed by atoms with E-state index in [1.165, 1.54) is 5.52 Å². The molecule has 2 aromatic heterocycles. The highest BCUT2D eigenvalue weighted by molar-refractivity contribution is 5.79. The highest BCUT2D eigenvalue weighted by Crippen LogP contribution is 2.16. The SMILES string of the molecule is CN=C(NCCCn1c(C)nc2ccccc21)NCc1cccnc1N(C)C. The first-order valence-electron chi connectivity index (χ1n) is 9.57. The number of guanidine groups is 1. The number of nitrogens with one attached hydrogen (secondary N) is 2. The van der Waals surface area contributed by atoms with E-state index in [2.05, 4.69) is 61.4 Å². The minimum absolute atomic E-state index is 0.673. The number of aromatic nitrogens is 3. The predicted molar refractivity (Wildman–Crippen MR) is 116 cm³/mol. The first-order chi connectivity index (χ1) is 13.6. The number of anilines is 1. The van der Waals surface area contributed by atoms with E-state index in [-0.39, 0.29) is 0 Å². The predicted octanol–water partition coefficient (Wildman–Crippen LogP) is 2.56. The molecule has 0 bridgehead atoms. The Morgan fingerprint density at radius 3 is 2.75 bits per heavy atom. The van der Waals surface area contributed by atoms with Crippen LogP contribution in [0.3, 0.4) is 0 Å². The molecule has 0 fully saturated rings. The summed E-state index contributed by atoms with van der Waals surface area (Å²) in [5.41, 5.74) is 3.38. The number of benzene rings is 1. The fourth-order valence-electron chi connectivity index (χ4n) is 3.29. The standard InChI is InChI=1S/C21H29N7/c1-16-26-18-10-5-6-11-19(18)28(16)14-8-13-24-21(22-2)25-15-17-9-7-12-23-20(17)27(3)4/h5-7,9-12H,8,13-15H2,1-4H3,(H2,22,24,25). The van der Waals surface area contributed by atoms with E-state index in [0.717, 1.165) is 48.2 Å². The summed E-state index contributed by atoms with van der Waals surface area (Å²) < 4.78 is 2.27. The van der Waals surface area contributed by atoms with E-state index < -0.39 is 0 Å². The largest absolute Gasteiger partial charge is 0.362 e. The van der Waals surface area contributed by atoms with Crippen molar-refractivity contribution in [1.82, 2.24) is 25.2 Å². The molecule has 3 aromatic rings. The molecule has 1 aromatic carbocycles. The molecule has 0 atom stereocenters. The molecule has 0 saturated heterocycles. The van der Waals surface area contributed by atoms with Crippen molar-refractivity contribution in [1.29, 1.82) is 0 Å². The van der Waals surface area contributed by atoms with E-state index in [4.69, 9.17) is 0 Å². The Morgan fingerprint density at radius 1 is 1.14 bits per heavy atom. The second-order valence-electron chi connectivity index (χ2n) is 6.89. The zero-order valence-corrected chi connectivity index (χ0v) is 17.1. The van der Waals surface area contributed by atoms with Gasteiger partial charge in [-0.1, -0.05) is 18.2 Å². The lowest BCUT2D eigenvalue weighted by molar-refractivity contribution is 0.624. The van der Waals surface area contributed by atoms with Gasteiger partial charge in [-0.05, 0) is 31.5 Å². The number of nitrogens with zero attached hydrogens (tertiary/aromatic N) is 5. The van der Waals surface area contributed by atoms with Crippen LogP contribution in [-0.2, 0) is 13.1 Å². The third-order valence-corrected chi connectivity index (χ3v) is 4.66. The van der Waals surface area contributed by atoms with Crippen molar-refractivity contribution in [2.24, 2.45) is 4.99 Å². The van der Waals surface area contributed by atoms with Gasteiger partial charge in [-0.15, -0.1) is 0 Å². The summed E-state index contributed by atoms with van der Waals surface area (Å²) in [6, 6.07) is 12.3. The molecule has 0 spiro atoms. The van der Waals surface area contributed by atoms with Crippen LogP contribution in [0, 0.1) is 6.92 Å². The Kier molecular flexibility index (Phi) is 6.47. The van der Waals surface area contributed by atoms with Gasteiger partial charge in [0.15, 0.2) is 5.96 Å². The number of aliphatic imine (C=N–C) groups is 1. The van der Waals surface area contributed by atoms with Gasteiger partial charge in [0.1, 0.15) is 11.6 Å². The Hall–Kier alpha value is -3.09. The van der Waals surface area contributed by atoms with E-state index in [0.29, 0.717) is 6.54 Å². The Balaban J connectivity index is 1.50. The third-order valence-electron chi connectivity index (χ3n) is 4.66. The fraction of sp³-hybridized carbons (Fsp3) is 0.381. The first kappa shape index (κ1) is 19.7. The maximum Gasteiger partial charge on any atom is 0.191 e.